The molecule has 0 bridgehead atoms. The molecule has 0 saturated carbocycles. The van der Waals surface area contributed by atoms with Gasteiger partial charge in [0.05, 0.1) is 10.9 Å². The number of aromatic nitrogens is 1. The largest absolute Gasteiger partial charge is 0.481 e. The molecule has 0 saturated heterocycles. The lowest BCUT2D eigenvalue weighted by Crippen LogP contribution is -2.24. The van der Waals surface area contributed by atoms with Gasteiger partial charge in [0.15, 0.2) is 6.61 Å². The van der Waals surface area contributed by atoms with Crippen molar-refractivity contribution in [2.75, 3.05) is 6.61 Å². The summed E-state index contributed by atoms with van der Waals surface area (Å²) in [6.07, 6.45) is 0. The number of carbonyl (C=O) groups is 2. The van der Waals surface area contributed by atoms with Crippen molar-refractivity contribution in [3.05, 3.63) is 89.6 Å². The van der Waals surface area contributed by atoms with Gasteiger partial charge in [-0.3, -0.25) is 10.2 Å². The number of carbonyl (C=O) groups excluding carboxylic acids is 1. The van der Waals surface area contributed by atoms with E-state index in [2.05, 4.69) is 6.07 Å². The van der Waals surface area contributed by atoms with E-state index < -0.39 is 18.5 Å². The summed E-state index contributed by atoms with van der Waals surface area (Å²) in [7, 11) is 0. The highest BCUT2D eigenvalue weighted by molar-refractivity contribution is 6.46. The summed E-state index contributed by atoms with van der Waals surface area (Å²) in [5.74, 6) is -1.70. The molecule has 166 valence electrons. The number of benzene rings is 3. The molecule has 0 spiro atoms. The molecule has 4 aromatic rings. The third-order valence-corrected chi connectivity index (χ3v) is 5.59. The average molecular weight is 441 g/mol. The molecule has 0 unspecified atom stereocenters. The number of carboxylic acid groups (broad SMARTS) is 1. The number of nitrogens with one attached hydrogen (secondary N) is 1. The minimum atomic E-state index is -1.12. The summed E-state index contributed by atoms with van der Waals surface area (Å²) in [6, 6.07) is 23.3. The number of rotatable bonds is 8. The molecule has 33 heavy (non-hydrogen) atoms. The first-order valence-electron chi connectivity index (χ1n) is 10.4. The Labute approximate surface area is 190 Å². The van der Waals surface area contributed by atoms with Crippen molar-refractivity contribution in [1.29, 1.82) is 5.41 Å². The molecular weight excluding hydrogens is 418 g/mol. The van der Waals surface area contributed by atoms with Gasteiger partial charge in [-0.15, -0.1) is 0 Å². The molecule has 0 aliphatic carbocycles. The lowest BCUT2D eigenvalue weighted by atomic mass is 9.99. The molecule has 0 aliphatic heterocycles. The summed E-state index contributed by atoms with van der Waals surface area (Å²) >= 11 is 0. The van der Waals surface area contributed by atoms with E-state index in [1.807, 2.05) is 66.1 Å². The average Bonchev–Trinajstić information content (AvgIpc) is 3.09. The van der Waals surface area contributed by atoms with E-state index in [-0.39, 0.29) is 11.5 Å². The second-order valence-corrected chi connectivity index (χ2v) is 7.64. The second-order valence-electron chi connectivity index (χ2n) is 7.64. The summed E-state index contributed by atoms with van der Waals surface area (Å²) in [4.78, 5) is 23.0. The molecule has 3 aromatic carbocycles. The number of carboxylic acids is 1. The molecule has 0 aliphatic rings. The predicted molar refractivity (Wildman–Crippen MR) is 127 cm³/mol. The Balaban J connectivity index is 1.91. The van der Waals surface area contributed by atoms with Crippen LogP contribution < -0.4 is 10.5 Å². The maximum Gasteiger partial charge on any atom is 0.341 e. The summed E-state index contributed by atoms with van der Waals surface area (Å²) in [5.41, 5.74) is 10.0. The fraction of sp³-hybridized carbons (Fsp3) is 0.115. The van der Waals surface area contributed by atoms with Gasteiger partial charge in [0.2, 0.25) is 0 Å². The fourth-order valence-electron chi connectivity index (χ4n) is 4.11. The van der Waals surface area contributed by atoms with Crippen molar-refractivity contribution >= 4 is 28.5 Å². The minimum Gasteiger partial charge on any atom is -0.481 e. The molecule has 1 amide bonds. The summed E-state index contributed by atoms with van der Waals surface area (Å²) < 4.78 is 7.50. The number of hydrogen-bond acceptors (Lipinski definition) is 4. The van der Waals surface area contributed by atoms with Crippen LogP contribution in [-0.4, -0.2) is 33.9 Å². The van der Waals surface area contributed by atoms with Crippen molar-refractivity contribution in [2.24, 2.45) is 5.73 Å². The highest BCUT2D eigenvalue weighted by atomic mass is 16.5. The Bertz CT molecular complexity index is 1370. The van der Waals surface area contributed by atoms with E-state index in [0.717, 1.165) is 22.2 Å². The van der Waals surface area contributed by atoms with Crippen molar-refractivity contribution in [2.45, 2.75) is 13.5 Å². The van der Waals surface area contributed by atoms with Crippen molar-refractivity contribution in [1.82, 2.24) is 4.57 Å². The maximum atomic E-state index is 11.9. The number of amides is 1. The van der Waals surface area contributed by atoms with Crippen LogP contribution in [0.3, 0.4) is 0 Å². The maximum absolute atomic E-state index is 11.9. The molecule has 1 heterocycles. The van der Waals surface area contributed by atoms with E-state index >= 15 is 0 Å². The number of ether oxygens (including phenoxy) is 1. The van der Waals surface area contributed by atoms with Crippen LogP contribution >= 0.6 is 0 Å². The van der Waals surface area contributed by atoms with Crippen LogP contribution in [0.1, 0.15) is 16.8 Å². The van der Waals surface area contributed by atoms with Gasteiger partial charge in [-0.1, -0.05) is 60.7 Å². The topological polar surface area (TPSA) is 118 Å². The minimum absolute atomic E-state index is 0.286. The van der Waals surface area contributed by atoms with Crippen LogP contribution in [0.5, 0.6) is 5.75 Å². The number of fused-ring (bicyclic) bond motifs is 1. The molecule has 0 fully saturated rings. The van der Waals surface area contributed by atoms with Gasteiger partial charge in [-0.05, 0) is 35.7 Å². The van der Waals surface area contributed by atoms with Gasteiger partial charge in [-0.2, -0.15) is 0 Å². The Morgan fingerprint density at radius 1 is 1.00 bits per heavy atom. The summed E-state index contributed by atoms with van der Waals surface area (Å²) in [6.45, 7) is 1.75. The van der Waals surface area contributed by atoms with Gasteiger partial charge < -0.3 is 20.1 Å². The first kappa shape index (κ1) is 21.8. The molecular formula is C26H23N3O4. The van der Waals surface area contributed by atoms with Gasteiger partial charge in [-0.25, -0.2) is 4.79 Å². The zero-order chi connectivity index (χ0) is 23.5. The van der Waals surface area contributed by atoms with Gasteiger partial charge in [0.25, 0.3) is 5.91 Å². The number of nitrogens with zero attached hydrogens (tertiary/aromatic N) is 1. The first-order chi connectivity index (χ1) is 15.9. The van der Waals surface area contributed by atoms with E-state index in [9.17, 15) is 9.59 Å². The smallest absolute Gasteiger partial charge is 0.341 e. The Morgan fingerprint density at radius 2 is 1.70 bits per heavy atom. The highest BCUT2D eigenvalue weighted by Crippen LogP contribution is 2.35. The van der Waals surface area contributed by atoms with E-state index in [0.29, 0.717) is 23.2 Å². The zero-order valence-corrected chi connectivity index (χ0v) is 18.0. The number of nitrogens with two attached hydrogens (primary N) is 1. The van der Waals surface area contributed by atoms with E-state index in [1.165, 1.54) is 0 Å². The van der Waals surface area contributed by atoms with Crippen LogP contribution in [0, 0.1) is 12.3 Å². The van der Waals surface area contributed by atoms with Crippen molar-refractivity contribution < 1.29 is 19.4 Å². The van der Waals surface area contributed by atoms with E-state index in [1.54, 1.807) is 12.1 Å². The SMILES string of the molecule is Cc1c(C(=N)C(N)=O)c2c(OCC(=O)O)cccc2n1Cc1ccccc1-c1ccccc1. The van der Waals surface area contributed by atoms with Crippen LogP contribution in [0.4, 0.5) is 0 Å². The highest BCUT2D eigenvalue weighted by Gasteiger charge is 2.24. The van der Waals surface area contributed by atoms with Crippen molar-refractivity contribution in [3.63, 3.8) is 0 Å². The third kappa shape index (κ3) is 4.21. The molecule has 7 heteroatoms. The van der Waals surface area contributed by atoms with Gasteiger partial charge in [0, 0.05) is 17.8 Å². The Hall–Kier alpha value is -4.39. The molecule has 4 rings (SSSR count). The number of hydrogen-bond donors (Lipinski definition) is 3. The second kappa shape index (κ2) is 9.00. The van der Waals surface area contributed by atoms with E-state index in [4.69, 9.17) is 21.0 Å². The molecule has 7 nitrogen and oxygen atoms in total. The molecule has 1 aromatic heterocycles. The van der Waals surface area contributed by atoms with Gasteiger partial charge >= 0.3 is 5.97 Å². The molecule has 0 atom stereocenters. The Morgan fingerprint density at radius 3 is 2.39 bits per heavy atom. The van der Waals surface area contributed by atoms with Crippen LogP contribution in [-0.2, 0) is 16.1 Å². The molecule has 0 radical (unpaired) electrons. The van der Waals surface area contributed by atoms with Crippen LogP contribution in [0.2, 0.25) is 0 Å². The standard InChI is InChI=1S/C26H23N3O4/c1-16-23(25(27)26(28)32)24-20(12-7-13-21(24)33-15-22(30)31)29(16)14-18-10-5-6-11-19(18)17-8-3-2-4-9-17/h2-13,27H,14-15H2,1H3,(H2,28,32)(H,30,31). The third-order valence-electron chi connectivity index (χ3n) is 5.59. The zero-order valence-electron chi connectivity index (χ0n) is 18.0. The lowest BCUT2D eigenvalue weighted by Gasteiger charge is -2.14. The van der Waals surface area contributed by atoms with Gasteiger partial charge in [0.1, 0.15) is 11.5 Å². The lowest BCUT2D eigenvalue weighted by molar-refractivity contribution is -0.139. The fourth-order valence-corrected chi connectivity index (χ4v) is 4.11. The monoisotopic (exact) mass is 441 g/mol. The first-order valence-corrected chi connectivity index (χ1v) is 10.4. The Kier molecular flexibility index (Phi) is 5.95. The van der Waals surface area contributed by atoms with Crippen LogP contribution in [0.25, 0.3) is 22.0 Å². The molecule has 4 N–H and O–H groups in total. The number of primary amides is 1. The predicted octanol–water partition coefficient (Wildman–Crippen LogP) is 3.98. The quantitative estimate of drug-likeness (QED) is 0.358. The normalized spacial score (nSPS) is 10.8. The van der Waals surface area contributed by atoms with Crippen molar-refractivity contribution in [3.8, 4) is 16.9 Å². The number of aliphatic carboxylic acids is 1. The summed E-state index contributed by atoms with van der Waals surface area (Å²) in [5, 5.41) is 17.9. The van der Waals surface area contributed by atoms with Crippen LogP contribution in [0.15, 0.2) is 72.8 Å².